The minimum absolute atomic E-state index is 0.255. The van der Waals surface area contributed by atoms with Gasteiger partial charge in [0.15, 0.2) is 11.4 Å². The Balaban J connectivity index is 1.88. The van der Waals surface area contributed by atoms with E-state index in [1.54, 1.807) is 36.0 Å². The molecule has 0 spiro atoms. The van der Waals surface area contributed by atoms with Crippen LogP contribution < -0.4 is 4.74 Å². The number of carbonyl (C=O) groups is 1. The minimum atomic E-state index is -0.558. The molecule has 25 heavy (non-hydrogen) atoms. The molecule has 0 atom stereocenters. The van der Waals surface area contributed by atoms with E-state index in [9.17, 15) is 4.79 Å². The van der Waals surface area contributed by atoms with E-state index in [4.69, 9.17) is 39.5 Å². The molecule has 2 heterocycles. The summed E-state index contributed by atoms with van der Waals surface area (Å²) in [6, 6.07) is 6.66. The van der Waals surface area contributed by atoms with Crippen LogP contribution in [0.25, 0.3) is 0 Å². The second-order valence-electron chi connectivity index (χ2n) is 5.27. The van der Waals surface area contributed by atoms with E-state index in [0.29, 0.717) is 33.0 Å². The number of rotatable bonds is 4. The molecule has 128 valence electrons. The fraction of sp³-hybridized carbons (Fsp3) is 0.118. The Labute approximate surface area is 159 Å². The Hall–Kier alpha value is -2.08. The van der Waals surface area contributed by atoms with Gasteiger partial charge in [-0.3, -0.25) is 4.98 Å². The van der Waals surface area contributed by atoms with E-state index in [1.165, 1.54) is 18.5 Å². The third-order valence-corrected chi connectivity index (χ3v) is 4.26. The summed E-state index contributed by atoms with van der Waals surface area (Å²) in [4.78, 5) is 20.6. The summed E-state index contributed by atoms with van der Waals surface area (Å²) in [5.41, 5.74) is 1.62. The highest BCUT2D eigenvalue weighted by atomic mass is 35.5. The molecule has 0 bridgehead atoms. The first kappa shape index (κ1) is 17.7. The normalized spacial score (nSPS) is 10.7. The van der Waals surface area contributed by atoms with Gasteiger partial charge in [-0.05, 0) is 30.7 Å². The smallest absolute Gasteiger partial charge is 0.362 e. The number of esters is 1. The Morgan fingerprint density at radius 2 is 1.96 bits per heavy atom. The third-order valence-electron chi connectivity index (χ3n) is 3.45. The van der Waals surface area contributed by atoms with Crippen LogP contribution in [0, 0.1) is 6.92 Å². The summed E-state index contributed by atoms with van der Waals surface area (Å²) in [7, 11) is 0. The largest absolute Gasteiger partial charge is 0.420 e. The molecular formula is C17H12Cl3N3O2. The highest BCUT2D eigenvalue weighted by molar-refractivity contribution is 6.33. The van der Waals surface area contributed by atoms with Gasteiger partial charge in [-0.25, -0.2) is 9.78 Å². The Bertz CT molecular complexity index is 941. The lowest BCUT2D eigenvalue weighted by Crippen LogP contribution is -2.16. The van der Waals surface area contributed by atoms with Gasteiger partial charge in [0.25, 0.3) is 0 Å². The maximum absolute atomic E-state index is 12.6. The van der Waals surface area contributed by atoms with Crippen LogP contribution in [0.1, 0.15) is 21.7 Å². The molecule has 0 unspecified atom stereocenters. The molecule has 8 heteroatoms. The van der Waals surface area contributed by atoms with Gasteiger partial charge in [0.1, 0.15) is 0 Å². The second-order valence-corrected chi connectivity index (χ2v) is 6.55. The summed E-state index contributed by atoms with van der Waals surface area (Å²) < 4.78 is 7.01. The molecule has 1 aromatic carbocycles. The molecule has 0 aliphatic rings. The highest BCUT2D eigenvalue weighted by Gasteiger charge is 2.19. The van der Waals surface area contributed by atoms with Crippen LogP contribution in [0.3, 0.4) is 0 Å². The number of ether oxygens (including phenoxy) is 1. The minimum Gasteiger partial charge on any atom is -0.420 e. The van der Waals surface area contributed by atoms with Gasteiger partial charge >= 0.3 is 5.97 Å². The number of aromatic nitrogens is 3. The first-order chi connectivity index (χ1) is 11.9. The van der Waals surface area contributed by atoms with Crippen LogP contribution >= 0.6 is 34.8 Å². The van der Waals surface area contributed by atoms with Gasteiger partial charge in [0, 0.05) is 22.3 Å². The van der Waals surface area contributed by atoms with Crippen LogP contribution in [-0.2, 0) is 6.54 Å². The Morgan fingerprint density at radius 3 is 2.72 bits per heavy atom. The lowest BCUT2D eigenvalue weighted by atomic mass is 10.2. The maximum atomic E-state index is 12.6. The van der Waals surface area contributed by atoms with Crippen molar-refractivity contribution in [1.82, 2.24) is 14.5 Å². The second kappa shape index (κ2) is 7.44. The summed E-state index contributed by atoms with van der Waals surface area (Å²) in [6.45, 7) is 2.06. The maximum Gasteiger partial charge on any atom is 0.362 e. The molecule has 0 saturated heterocycles. The van der Waals surface area contributed by atoms with Crippen LogP contribution in [-0.4, -0.2) is 20.5 Å². The molecule has 2 aromatic heterocycles. The fourth-order valence-electron chi connectivity index (χ4n) is 2.32. The number of hydrogen-bond acceptors (Lipinski definition) is 4. The zero-order valence-corrected chi connectivity index (χ0v) is 15.3. The molecule has 3 rings (SSSR count). The van der Waals surface area contributed by atoms with Gasteiger partial charge in [0.05, 0.1) is 29.8 Å². The highest BCUT2D eigenvalue weighted by Crippen LogP contribution is 2.23. The number of halogens is 3. The Kier molecular flexibility index (Phi) is 5.27. The SMILES string of the molecule is Cc1ncn(Cc2cc(Cl)ccc2Cl)c1C(=O)Oc1cncc(Cl)c1. The number of aryl methyl sites for hydroxylation is 1. The van der Waals surface area contributed by atoms with Gasteiger partial charge < -0.3 is 9.30 Å². The molecule has 0 radical (unpaired) electrons. The zero-order chi connectivity index (χ0) is 18.0. The number of hydrogen-bond donors (Lipinski definition) is 0. The number of nitrogens with zero attached hydrogens (tertiary/aromatic N) is 3. The summed E-state index contributed by atoms with van der Waals surface area (Å²) in [6.07, 6.45) is 4.42. The van der Waals surface area contributed by atoms with Gasteiger partial charge in [-0.2, -0.15) is 0 Å². The van der Waals surface area contributed by atoms with Crippen molar-refractivity contribution in [1.29, 1.82) is 0 Å². The molecule has 0 fully saturated rings. The molecule has 5 nitrogen and oxygen atoms in total. The average molecular weight is 397 g/mol. The van der Waals surface area contributed by atoms with Crippen molar-refractivity contribution in [3.8, 4) is 5.75 Å². The van der Waals surface area contributed by atoms with E-state index in [-0.39, 0.29) is 5.75 Å². The topological polar surface area (TPSA) is 57.0 Å². The monoisotopic (exact) mass is 395 g/mol. The van der Waals surface area contributed by atoms with Crippen molar-refractivity contribution in [2.75, 3.05) is 0 Å². The molecule has 0 aliphatic carbocycles. The van der Waals surface area contributed by atoms with Crippen molar-refractivity contribution in [3.63, 3.8) is 0 Å². The quantitative estimate of drug-likeness (QED) is 0.594. The zero-order valence-electron chi connectivity index (χ0n) is 13.0. The first-order valence-corrected chi connectivity index (χ1v) is 8.36. The van der Waals surface area contributed by atoms with Gasteiger partial charge in [-0.15, -0.1) is 0 Å². The molecule has 0 amide bonds. The van der Waals surface area contributed by atoms with E-state index in [1.807, 2.05) is 0 Å². The average Bonchev–Trinajstić information content (AvgIpc) is 2.91. The van der Waals surface area contributed by atoms with Gasteiger partial charge in [-0.1, -0.05) is 34.8 Å². The van der Waals surface area contributed by atoms with E-state index in [0.717, 1.165) is 5.56 Å². The van der Waals surface area contributed by atoms with Gasteiger partial charge in [0.2, 0.25) is 0 Å². The van der Waals surface area contributed by atoms with Crippen molar-refractivity contribution in [3.05, 3.63) is 75.0 Å². The summed E-state index contributed by atoms with van der Waals surface area (Å²) in [5, 5.41) is 1.49. The van der Waals surface area contributed by atoms with E-state index < -0.39 is 5.97 Å². The molecule has 3 aromatic rings. The lowest BCUT2D eigenvalue weighted by molar-refractivity contribution is 0.0722. The predicted molar refractivity (Wildman–Crippen MR) is 96.7 cm³/mol. The standard InChI is InChI=1S/C17H12Cl3N3O2/c1-10-16(17(24)25-14-5-13(19)6-21-7-14)23(9-22-10)8-11-4-12(18)2-3-15(11)20/h2-7,9H,8H2,1H3. The van der Waals surface area contributed by atoms with Crippen LogP contribution in [0.4, 0.5) is 0 Å². The molecule has 0 saturated carbocycles. The summed E-state index contributed by atoms with van der Waals surface area (Å²) in [5.74, 6) is -0.303. The number of benzene rings is 1. The van der Waals surface area contributed by atoms with E-state index in [2.05, 4.69) is 9.97 Å². The molecular weight excluding hydrogens is 385 g/mol. The third kappa shape index (κ3) is 4.12. The molecule has 0 aliphatic heterocycles. The van der Waals surface area contributed by atoms with Crippen LogP contribution in [0.2, 0.25) is 15.1 Å². The summed E-state index contributed by atoms with van der Waals surface area (Å²) >= 11 is 18.1. The Morgan fingerprint density at radius 1 is 1.16 bits per heavy atom. The predicted octanol–water partition coefficient (Wildman–Crippen LogP) is 4.81. The van der Waals surface area contributed by atoms with E-state index >= 15 is 0 Å². The van der Waals surface area contributed by atoms with Crippen molar-refractivity contribution >= 4 is 40.8 Å². The first-order valence-electron chi connectivity index (χ1n) is 7.22. The number of pyridine rings is 1. The number of carbonyl (C=O) groups excluding carboxylic acids is 1. The van der Waals surface area contributed by atoms with Crippen LogP contribution in [0.5, 0.6) is 5.75 Å². The van der Waals surface area contributed by atoms with Crippen molar-refractivity contribution in [2.24, 2.45) is 0 Å². The van der Waals surface area contributed by atoms with Crippen molar-refractivity contribution in [2.45, 2.75) is 13.5 Å². The number of imidazole rings is 1. The molecule has 0 N–H and O–H groups in total. The lowest BCUT2D eigenvalue weighted by Gasteiger charge is -2.10. The van der Waals surface area contributed by atoms with Crippen molar-refractivity contribution < 1.29 is 9.53 Å². The fourth-order valence-corrected chi connectivity index (χ4v) is 2.86. The van der Waals surface area contributed by atoms with Crippen LogP contribution in [0.15, 0.2) is 43.0 Å².